The zero-order chi connectivity index (χ0) is 15.9. The van der Waals surface area contributed by atoms with Crippen LogP contribution in [0.5, 0.6) is 0 Å². The highest BCUT2D eigenvalue weighted by molar-refractivity contribution is 7.89. The van der Waals surface area contributed by atoms with Crippen LogP contribution in [0, 0.1) is 0 Å². The van der Waals surface area contributed by atoms with Gasteiger partial charge in [0.15, 0.2) is 0 Å². The van der Waals surface area contributed by atoms with Crippen LogP contribution in [0.15, 0.2) is 23.1 Å². The monoisotopic (exact) mass is 323 g/mol. The molecule has 0 radical (unpaired) electrons. The number of piperidine rings is 1. The molecule has 1 fully saturated rings. The maximum absolute atomic E-state index is 13.0. The van der Waals surface area contributed by atoms with Crippen molar-refractivity contribution >= 4 is 15.7 Å². The summed E-state index contributed by atoms with van der Waals surface area (Å²) in [5, 5.41) is 0. The van der Waals surface area contributed by atoms with Crippen LogP contribution in [0.1, 0.15) is 31.7 Å². The summed E-state index contributed by atoms with van der Waals surface area (Å²) in [6.45, 7) is 3.43. The van der Waals surface area contributed by atoms with Crippen LogP contribution in [0.3, 0.4) is 0 Å². The lowest BCUT2D eigenvalue weighted by Gasteiger charge is -2.35. The van der Waals surface area contributed by atoms with Crippen LogP contribution in [-0.4, -0.2) is 44.9 Å². The number of anilines is 1. The molecule has 0 aliphatic carbocycles. The van der Waals surface area contributed by atoms with E-state index in [2.05, 4.69) is 4.90 Å². The number of nitrogens with two attached hydrogens (primary N) is 1. The molecule has 0 bridgehead atoms. The molecule has 1 saturated heterocycles. The summed E-state index contributed by atoms with van der Waals surface area (Å²) in [5.74, 6) is 0. The predicted octanol–water partition coefficient (Wildman–Crippen LogP) is 1.57. The molecule has 1 aromatic carbocycles. The van der Waals surface area contributed by atoms with Gasteiger partial charge < -0.3 is 10.6 Å². The molecule has 122 valence electrons. The molecule has 2 aliphatic heterocycles. The van der Waals surface area contributed by atoms with Gasteiger partial charge in [-0.3, -0.25) is 0 Å². The third-order valence-electron chi connectivity index (χ3n) is 4.87. The minimum atomic E-state index is -3.44. The summed E-state index contributed by atoms with van der Waals surface area (Å²) in [5.41, 5.74) is 8.24. The molecule has 0 aromatic heterocycles. The Morgan fingerprint density at radius 2 is 2.05 bits per heavy atom. The van der Waals surface area contributed by atoms with Crippen molar-refractivity contribution in [1.29, 1.82) is 0 Å². The molecule has 2 N–H and O–H groups in total. The third kappa shape index (κ3) is 2.75. The number of rotatable bonds is 2. The molecular formula is C16H25N3O2S. The average molecular weight is 323 g/mol. The molecule has 2 atom stereocenters. The van der Waals surface area contributed by atoms with E-state index >= 15 is 0 Å². The SMILES string of the molecule is C[C@H]1C[C@@H](N)CCN1S(=O)(=O)c1ccc2c(c1)N(C)CCC2. The standard InChI is InChI=1S/C16H25N3O2S/c1-12-10-14(17)7-9-19(12)22(20,21)15-6-5-13-4-3-8-18(2)16(13)11-15/h5-6,11-12,14H,3-4,7-10,17H2,1-2H3/t12-,14-/m0/s1. The van der Waals surface area contributed by atoms with Gasteiger partial charge in [-0.1, -0.05) is 6.07 Å². The Morgan fingerprint density at radius 1 is 1.27 bits per heavy atom. The van der Waals surface area contributed by atoms with Crippen molar-refractivity contribution < 1.29 is 8.42 Å². The maximum Gasteiger partial charge on any atom is 0.243 e. The largest absolute Gasteiger partial charge is 0.374 e. The summed E-state index contributed by atoms with van der Waals surface area (Å²) in [7, 11) is -1.42. The third-order valence-corrected chi connectivity index (χ3v) is 6.88. The zero-order valence-electron chi connectivity index (χ0n) is 13.3. The first-order chi connectivity index (χ1) is 10.4. The van der Waals surface area contributed by atoms with Crippen molar-refractivity contribution in [3.63, 3.8) is 0 Å². The molecule has 0 spiro atoms. The Hall–Kier alpha value is -1.11. The van der Waals surface area contributed by atoms with E-state index in [4.69, 9.17) is 5.73 Å². The smallest absolute Gasteiger partial charge is 0.243 e. The lowest BCUT2D eigenvalue weighted by Crippen LogP contribution is -2.48. The van der Waals surface area contributed by atoms with Crippen LogP contribution >= 0.6 is 0 Å². The van der Waals surface area contributed by atoms with Gasteiger partial charge in [0.2, 0.25) is 10.0 Å². The summed E-state index contributed by atoms with van der Waals surface area (Å²) >= 11 is 0. The number of fused-ring (bicyclic) bond motifs is 1. The summed E-state index contributed by atoms with van der Waals surface area (Å²) < 4.78 is 27.5. The highest BCUT2D eigenvalue weighted by Crippen LogP contribution is 2.31. The van der Waals surface area contributed by atoms with Crippen LogP contribution in [0.4, 0.5) is 5.69 Å². The Balaban J connectivity index is 1.94. The van der Waals surface area contributed by atoms with Gasteiger partial charge >= 0.3 is 0 Å². The fraction of sp³-hybridized carbons (Fsp3) is 0.625. The van der Waals surface area contributed by atoms with Crippen LogP contribution in [-0.2, 0) is 16.4 Å². The van der Waals surface area contributed by atoms with Gasteiger partial charge in [-0.05, 0) is 50.3 Å². The van der Waals surface area contributed by atoms with E-state index in [0.29, 0.717) is 11.4 Å². The number of sulfonamides is 1. The number of hydrogen-bond donors (Lipinski definition) is 1. The van der Waals surface area contributed by atoms with Gasteiger partial charge in [-0.2, -0.15) is 4.31 Å². The molecule has 1 aromatic rings. The molecule has 22 heavy (non-hydrogen) atoms. The molecular weight excluding hydrogens is 298 g/mol. The first-order valence-corrected chi connectivity index (χ1v) is 9.45. The van der Waals surface area contributed by atoms with E-state index in [1.807, 2.05) is 26.1 Å². The minimum Gasteiger partial charge on any atom is -0.374 e. The predicted molar refractivity (Wildman–Crippen MR) is 88.6 cm³/mol. The molecule has 6 heteroatoms. The zero-order valence-corrected chi connectivity index (χ0v) is 14.1. The number of nitrogens with zero attached hydrogens (tertiary/aromatic N) is 2. The first-order valence-electron chi connectivity index (χ1n) is 8.01. The molecule has 0 saturated carbocycles. The van der Waals surface area contributed by atoms with E-state index in [-0.39, 0.29) is 12.1 Å². The lowest BCUT2D eigenvalue weighted by atomic mass is 10.0. The van der Waals surface area contributed by atoms with E-state index in [0.717, 1.165) is 37.9 Å². The second-order valence-corrected chi connectivity index (χ2v) is 8.46. The highest BCUT2D eigenvalue weighted by Gasteiger charge is 2.34. The molecule has 2 heterocycles. The van der Waals surface area contributed by atoms with Crippen LogP contribution < -0.4 is 10.6 Å². The van der Waals surface area contributed by atoms with Crippen molar-refractivity contribution in [2.75, 3.05) is 25.0 Å². The maximum atomic E-state index is 13.0. The van der Waals surface area contributed by atoms with Crippen LogP contribution in [0.25, 0.3) is 0 Å². The van der Waals surface area contributed by atoms with Gasteiger partial charge in [-0.15, -0.1) is 0 Å². The van der Waals surface area contributed by atoms with Gasteiger partial charge in [0, 0.05) is 37.9 Å². The average Bonchev–Trinajstić information content (AvgIpc) is 2.47. The summed E-state index contributed by atoms with van der Waals surface area (Å²) in [6.07, 6.45) is 3.60. The number of hydrogen-bond acceptors (Lipinski definition) is 4. The quantitative estimate of drug-likeness (QED) is 0.897. The summed E-state index contributed by atoms with van der Waals surface area (Å²) in [4.78, 5) is 2.55. The molecule has 0 unspecified atom stereocenters. The molecule has 5 nitrogen and oxygen atoms in total. The number of benzene rings is 1. The highest BCUT2D eigenvalue weighted by atomic mass is 32.2. The van der Waals surface area contributed by atoms with E-state index < -0.39 is 10.0 Å². The van der Waals surface area contributed by atoms with E-state index in [9.17, 15) is 8.42 Å². The fourth-order valence-electron chi connectivity index (χ4n) is 3.58. The van der Waals surface area contributed by atoms with Gasteiger partial charge in [0.05, 0.1) is 4.90 Å². The van der Waals surface area contributed by atoms with Crippen molar-refractivity contribution in [3.8, 4) is 0 Å². The first kappa shape index (κ1) is 15.8. The van der Waals surface area contributed by atoms with Crippen LogP contribution in [0.2, 0.25) is 0 Å². The summed E-state index contributed by atoms with van der Waals surface area (Å²) in [6, 6.07) is 5.64. The van der Waals surface area contributed by atoms with Gasteiger partial charge in [0.1, 0.15) is 0 Å². The lowest BCUT2D eigenvalue weighted by molar-refractivity contribution is 0.247. The second kappa shape index (κ2) is 5.83. The van der Waals surface area contributed by atoms with Crippen molar-refractivity contribution in [2.45, 2.75) is 49.6 Å². The molecule has 3 rings (SSSR count). The fourth-order valence-corrected chi connectivity index (χ4v) is 5.25. The second-order valence-electron chi connectivity index (χ2n) is 6.56. The normalized spacial score (nSPS) is 26.8. The number of aryl methyl sites for hydroxylation is 1. The Bertz CT molecular complexity index is 659. The molecule has 0 amide bonds. The Kier molecular flexibility index (Phi) is 4.18. The Morgan fingerprint density at radius 3 is 2.77 bits per heavy atom. The van der Waals surface area contributed by atoms with Crippen molar-refractivity contribution in [3.05, 3.63) is 23.8 Å². The van der Waals surface area contributed by atoms with Crippen molar-refractivity contribution in [1.82, 2.24) is 4.31 Å². The van der Waals surface area contributed by atoms with Crippen molar-refractivity contribution in [2.24, 2.45) is 5.73 Å². The minimum absolute atomic E-state index is 0.0393. The van der Waals surface area contributed by atoms with Gasteiger partial charge in [0.25, 0.3) is 0 Å². The topological polar surface area (TPSA) is 66.6 Å². The molecule has 2 aliphatic rings. The van der Waals surface area contributed by atoms with E-state index in [1.54, 1.807) is 10.4 Å². The van der Waals surface area contributed by atoms with Gasteiger partial charge in [-0.25, -0.2) is 8.42 Å². The van der Waals surface area contributed by atoms with E-state index in [1.165, 1.54) is 5.56 Å². The Labute approximate surface area is 133 Å².